The van der Waals surface area contributed by atoms with Gasteiger partial charge in [-0.3, -0.25) is 4.55 Å². The lowest BCUT2D eigenvalue weighted by molar-refractivity contribution is 0.442. The Kier molecular flexibility index (Phi) is 2.68. The monoisotopic (exact) mass is 254 g/mol. The van der Waals surface area contributed by atoms with Crippen molar-refractivity contribution < 1.29 is 22.5 Å². The minimum absolute atomic E-state index is 0.225. The number of rotatable bonds is 2. The zero-order chi connectivity index (χ0) is 12.6. The molecule has 17 heavy (non-hydrogen) atoms. The highest BCUT2D eigenvalue weighted by Crippen LogP contribution is 2.35. The molecule has 90 valence electrons. The highest BCUT2D eigenvalue weighted by Gasteiger charge is 2.20. The Morgan fingerprint density at radius 3 is 2.53 bits per heavy atom. The molecule has 0 aliphatic rings. The molecule has 1 aromatic heterocycles. The van der Waals surface area contributed by atoms with Crippen molar-refractivity contribution in [2.75, 3.05) is 0 Å². The fourth-order valence-corrected chi connectivity index (χ4v) is 2.25. The van der Waals surface area contributed by atoms with E-state index in [9.17, 15) is 13.5 Å². The molecular formula is C11H10O5S. The van der Waals surface area contributed by atoms with Gasteiger partial charge < -0.3 is 9.52 Å². The van der Waals surface area contributed by atoms with E-state index in [2.05, 4.69) is 0 Å². The Labute approximate surface area is 98.1 Å². The van der Waals surface area contributed by atoms with Crippen LogP contribution in [-0.4, -0.2) is 18.1 Å². The molecule has 0 radical (unpaired) electrons. The van der Waals surface area contributed by atoms with Crippen molar-refractivity contribution in [2.24, 2.45) is 0 Å². The molecule has 0 spiro atoms. The topological polar surface area (TPSA) is 87.7 Å². The maximum absolute atomic E-state index is 11.1. The minimum Gasteiger partial charge on any atom is -0.506 e. The van der Waals surface area contributed by atoms with Gasteiger partial charge in [-0.25, -0.2) is 0 Å². The van der Waals surface area contributed by atoms with Gasteiger partial charge in [0.2, 0.25) is 0 Å². The van der Waals surface area contributed by atoms with E-state index in [4.69, 9.17) is 8.97 Å². The summed E-state index contributed by atoms with van der Waals surface area (Å²) < 4.78 is 36.3. The van der Waals surface area contributed by atoms with Crippen molar-refractivity contribution in [1.82, 2.24) is 0 Å². The summed E-state index contributed by atoms with van der Waals surface area (Å²) in [6.45, 7) is 1.65. The van der Waals surface area contributed by atoms with Crippen LogP contribution >= 0.6 is 0 Å². The summed E-state index contributed by atoms with van der Waals surface area (Å²) >= 11 is 0. The molecule has 0 aliphatic heterocycles. The standard InChI is InChI=1S/C11H10O5S/c1-7-5-8(9-3-2-4-16-9)11(12)10(6-7)17(13,14)15/h2-6,12H,1H3,(H,13,14,15). The van der Waals surface area contributed by atoms with E-state index in [0.717, 1.165) is 0 Å². The third-order valence-corrected chi connectivity index (χ3v) is 3.15. The first-order chi connectivity index (χ1) is 7.89. The van der Waals surface area contributed by atoms with Gasteiger partial charge in [-0.1, -0.05) is 0 Å². The lowest BCUT2D eigenvalue weighted by Crippen LogP contribution is -2.00. The molecule has 0 bridgehead atoms. The molecule has 2 aromatic rings. The molecule has 0 aliphatic carbocycles. The first-order valence-corrected chi connectivity index (χ1v) is 6.18. The second-order valence-electron chi connectivity index (χ2n) is 3.61. The van der Waals surface area contributed by atoms with Gasteiger partial charge in [-0.15, -0.1) is 0 Å². The van der Waals surface area contributed by atoms with Gasteiger partial charge in [0.05, 0.1) is 11.8 Å². The van der Waals surface area contributed by atoms with Gasteiger partial charge in [0, 0.05) is 0 Å². The van der Waals surface area contributed by atoms with Crippen molar-refractivity contribution in [3.05, 3.63) is 36.1 Å². The van der Waals surface area contributed by atoms with Crippen LogP contribution in [-0.2, 0) is 10.1 Å². The largest absolute Gasteiger partial charge is 0.506 e. The van der Waals surface area contributed by atoms with Crippen LogP contribution in [0.5, 0.6) is 5.75 Å². The molecule has 0 atom stereocenters. The van der Waals surface area contributed by atoms with Crippen LogP contribution in [0.4, 0.5) is 0 Å². The summed E-state index contributed by atoms with van der Waals surface area (Å²) in [4.78, 5) is -0.524. The molecule has 0 fully saturated rings. The molecule has 0 amide bonds. The Hall–Kier alpha value is -1.79. The number of hydrogen-bond acceptors (Lipinski definition) is 4. The first kappa shape index (κ1) is 11.7. The zero-order valence-corrected chi connectivity index (χ0v) is 9.73. The van der Waals surface area contributed by atoms with Crippen LogP contribution in [0.1, 0.15) is 5.56 Å². The summed E-state index contributed by atoms with van der Waals surface area (Å²) in [5, 5.41) is 9.82. The molecule has 1 aromatic carbocycles. The Bertz CT molecular complexity index is 641. The smallest absolute Gasteiger partial charge is 0.298 e. The van der Waals surface area contributed by atoms with E-state index in [0.29, 0.717) is 11.3 Å². The lowest BCUT2D eigenvalue weighted by atomic mass is 10.1. The third kappa shape index (κ3) is 2.17. The summed E-state index contributed by atoms with van der Waals surface area (Å²) in [5.74, 6) is -0.191. The van der Waals surface area contributed by atoms with Gasteiger partial charge in [0.15, 0.2) is 0 Å². The Balaban J connectivity index is 2.75. The zero-order valence-electron chi connectivity index (χ0n) is 8.91. The van der Waals surface area contributed by atoms with E-state index in [1.165, 1.54) is 12.3 Å². The summed E-state index contributed by atoms with van der Waals surface area (Å²) in [6.07, 6.45) is 1.41. The van der Waals surface area contributed by atoms with Crippen LogP contribution in [0.2, 0.25) is 0 Å². The molecule has 2 N–H and O–H groups in total. The van der Waals surface area contributed by atoms with Crippen LogP contribution in [0.25, 0.3) is 11.3 Å². The lowest BCUT2D eigenvalue weighted by Gasteiger charge is -2.07. The number of hydrogen-bond donors (Lipinski definition) is 2. The highest BCUT2D eigenvalue weighted by atomic mass is 32.2. The van der Waals surface area contributed by atoms with Crippen LogP contribution in [0, 0.1) is 6.92 Å². The molecule has 0 saturated carbocycles. The summed E-state index contributed by atoms with van der Waals surface area (Å²) in [6, 6.07) is 5.96. The molecule has 0 unspecified atom stereocenters. The van der Waals surface area contributed by atoms with Crippen molar-refractivity contribution in [3.63, 3.8) is 0 Å². The van der Waals surface area contributed by atoms with Crippen molar-refractivity contribution in [3.8, 4) is 17.1 Å². The third-order valence-electron chi connectivity index (χ3n) is 2.28. The molecule has 1 heterocycles. The predicted octanol–water partition coefficient (Wildman–Crippen LogP) is 2.21. The Morgan fingerprint density at radius 1 is 1.29 bits per heavy atom. The van der Waals surface area contributed by atoms with Crippen LogP contribution in [0.15, 0.2) is 39.8 Å². The minimum atomic E-state index is -4.46. The second-order valence-corrected chi connectivity index (χ2v) is 5.00. The van der Waals surface area contributed by atoms with E-state index in [1.807, 2.05) is 0 Å². The molecule has 6 heteroatoms. The van der Waals surface area contributed by atoms with E-state index in [1.54, 1.807) is 25.1 Å². The van der Waals surface area contributed by atoms with Gasteiger partial charge in [-0.05, 0) is 36.8 Å². The molecule has 2 rings (SSSR count). The average Bonchev–Trinajstić information content (AvgIpc) is 2.72. The second kappa shape index (κ2) is 3.90. The van der Waals surface area contributed by atoms with Crippen molar-refractivity contribution in [2.45, 2.75) is 11.8 Å². The van der Waals surface area contributed by atoms with Gasteiger partial charge in [-0.2, -0.15) is 8.42 Å². The molecular weight excluding hydrogens is 244 g/mol. The maximum atomic E-state index is 11.1. The number of furan rings is 1. The number of aryl methyl sites for hydroxylation is 1. The summed E-state index contributed by atoms with van der Waals surface area (Å²) in [7, 11) is -4.46. The predicted molar refractivity (Wildman–Crippen MR) is 60.4 cm³/mol. The Morgan fingerprint density at radius 2 is 2.00 bits per heavy atom. The summed E-state index contributed by atoms with van der Waals surface area (Å²) in [5.41, 5.74) is 0.810. The first-order valence-electron chi connectivity index (χ1n) is 4.74. The SMILES string of the molecule is Cc1cc(-c2ccco2)c(O)c(S(=O)(=O)O)c1. The van der Waals surface area contributed by atoms with E-state index >= 15 is 0 Å². The number of phenolic OH excluding ortho intramolecular Hbond substituents is 1. The van der Waals surface area contributed by atoms with Crippen molar-refractivity contribution >= 4 is 10.1 Å². The maximum Gasteiger partial charge on any atom is 0.298 e. The number of phenols is 1. The van der Waals surface area contributed by atoms with E-state index in [-0.39, 0.29) is 5.56 Å². The quantitative estimate of drug-likeness (QED) is 0.802. The fraction of sp³-hybridized carbons (Fsp3) is 0.0909. The van der Waals surface area contributed by atoms with Gasteiger partial charge in [0.1, 0.15) is 16.4 Å². The van der Waals surface area contributed by atoms with Gasteiger partial charge >= 0.3 is 0 Å². The van der Waals surface area contributed by atoms with Gasteiger partial charge in [0.25, 0.3) is 10.1 Å². The normalized spacial score (nSPS) is 11.6. The van der Waals surface area contributed by atoms with Crippen LogP contribution in [0.3, 0.4) is 0 Å². The van der Waals surface area contributed by atoms with Crippen molar-refractivity contribution in [1.29, 1.82) is 0 Å². The molecule has 5 nitrogen and oxygen atoms in total. The van der Waals surface area contributed by atoms with Crippen LogP contribution < -0.4 is 0 Å². The fourth-order valence-electron chi connectivity index (χ4n) is 1.56. The molecule has 0 saturated heterocycles. The number of benzene rings is 1. The highest BCUT2D eigenvalue weighted by molar-refractivity contribution is 7.86. The number of aromatic hydroxyl groups is 1. The average molecular weight is 254 g/mol. The van der Waals surface area contributed by atoms with E-state index < -0.39 is 20.8 Å².